The van der Waals surface area contributed by atoms with Crippen LogP contribution in [0.4, 0.5) is 15.8 Å². The minimum absolute atomic E-state index is 0.0794. The third-order valence-electron chi connectivity index (χ3n) is 5.41. The highest BCUT2D eigenvalue weighted by Gasteiger charge is 2.22. The number of aryl methyl sites for hydroxylation is 1. The zero-order chi connectivity index (χ0) is 21.7. The Morgan fingerprint density at radius 2 is 1.93 bits per heavy atom. The van der Waals surface area contributed by atoms with E-state index in [-0.39, 0.29) is 17.5 Å². The van der Waals surface area contributed by atoms with E-state index in [9.17, 15) is 14.0 Å². The van der Waals surface area contributed by atoms with Gasteiger partial charge >= 0.3 is 0 Å². The van der Waals surface area contributed by atoms with Gasteiger partial charge in [0.1, 0.15) is 11.0 Å². The molecule has 0 bridgehead atoms. The van der Waals surface area contributed by atoms with Crippen LogP contribution in [0.3, 0.4) is 0 Å². The van der Waals surface area contributed by atoms with Crippen molar-refractivity contribution in [2.75, 3.05) is 43.0 Å². The van der Waals surface area contributed by atoms with Crippen molar-refractivity contribution >= 4 is 34.8 Å². The highest BCUT2D eigenvalue weighted by atomic mass is 35.5. The summed E-state index contributed by atoms with van der Waals surface area (Å²) in [7, 11) is 1.58. The molecule has 0 aliphatic carbocycles. The number of halogens is 2. The van der Waals surface area contributed by atoms with Crippen LogP contribution in [-0.4, -0.2) is 54.9 Å². The van der Waals surface area contributed by atoms with Gasteiger partial charge in [-0.25, -0.2) is 9.37 Å². The Balaban J connectivity index is 1.55. The average Bonchev–Trinajstić information content (AvgIpc) is 2.77. The maximum Gasteiger partial charge on any atom is 0.226 e. The van der Waals surface area contributed by atoms with Gasteiger partial charge in [-0.1, -0.05) is 24.6 Å². The van der Waals surface area contributed by atoms with Gasteiger partial charge in [-0.15, -0.1) is 0 Å². The van der Waals surface area contributed by atoms with Crippen molar-refractivity contribution in [3.63, 3.8) is 0 Å². The molecule has 0 atom stereocenters. The van der Waals surface area contributed by atoms with Crippen LogP contribution >= 0.6 is 11.6 Å². The van der Waals surface area contributed by atoms with Crippen LogP contribution in [0.15, 0.2) is 36.5 Å². The first kappa shape index (κ1) is 22.0. The minimum Gasteiger partial charge on any atom is -0.368 e. The molecule has 1 aliphatic heterocycles. The summed E-state index contributed by atoms with van der Waals surface area (Å²) in [6, 6.07) is 8.60. The van der Waals surface area contributed by atoms with Crippen LogP contribution in [0, 0.1) is 5.82 Å². The predicted molar refractivity (Wildman–Crippen MR) is 116 cm³/mol. The Bertz CT molecular complexity index is 916. The zero-order valence-electron chi connectivity index (χ0n) is 17.3. The van der Waals surface area contributed by atoms with Gasteiger partial charge in [0.25, 0.3) is 0 Å². The van der Waals surface area contributed by atoms with E-state index < -0.39 is 5.82 Å². The molecule has 3 rings (SSSR count). The van der Waals surface area contributed by atoms with Crippen molar-refractivity contribution in [3.8, 4) is 0 Å². The smallest absolute Gasteiger partial charge is 0.226 e. The third-order valence-corrected chi connectivity index (χ3v) is 5.75. The monoisotopic (exact) mass is 432 g/mol. The van der Waals surface area contributed by atoms with Crippen molar-refractivity contribution in [2.24, 2.45) is 0 Å². The molecule has 8 heteroatoms. The maximum atomic E-state index is 14.6. The van der Waals surface area contributed by atoms with Crippen molar-refractivity contribution in [3.05, 3.63) is 53.1 Å². The lowest BCUT2D eigenvalue weighted by molar-refractivity contribution is -0.131. The van der Waals surface area contributed by atoms with Crippen molar-refractivity contribution in [1.29, 1.82) is 0 Å². The minimum atomic E-state index is -0.427. The molecule has 1 fully saturated rings. The van der Waals surface area contributed by atoms with E-state index in [4.69, 9.17) is 11.6 Å². The molecule has 0 N–H and O–H groups in total. The number of carbonyl (C=O) groups excluding carboxylic acids is 2. The summed E-state index contributed by atoms with van der Waals surface area (Å²) in [5.74, 6) is -0.485. The number of piperazine rings is 1. The van der Waals surface area contributed by atoms with Crippen LogP contribution in [0.25, 0.3) is 0 Å². The second-order valence-corrected chi connectivity index (χ2v) is 7.62. The molecular formula is C22H26ClFN4O2. The van der Waals surface area contributed by atoms with Gasteiger partial charge in [-0.2, -0.15) is 0 Å². The summed E-state index contributed by atoms with van der Waals surface area (Å²) in [6.07, 6.45) is 2.89. The molecule has 2 amide bonds. The van der Waals surface area contributed by atoms with Gasteiger partial charge < -0.3 is 14.7 Å². The van der Waals surface area contributed by atoms with E-state index in [1.165, 1.54) is 11.0 Å². The second kappa shape index (κ2) is 9.89. The molecule has 0 saturated carbocycles. The molecule has 2 heterocycles. The van der Waals surface area contributed by atoms with Crippen LogP contribution in [0.2, 0.25) is 5.15 Å². The predicted octanol–water partition coefficient (Wildman–Crippen LogP) is 3.53. The van der Waals surface area contributed by atoms with E-state index in [0.717, 1.165) is 11.3 Å². The SMILES string of the molecule is CCC(=O)N(C)c1ccc(N2CCN(C(=O)CCc3cccnc3Cl)CC2)cc1F. The summed E-state index contributed by atoms with van der Waals surface area (Å²) in [5, 5.41) is 0.437. The number of rotatable bonds is 6. The Kier molecular flexibility index (Phi) is 7.26. The van der Waals surface area contributed by atoms with Gasteiger partial charge in [0.2, 0.25) is 11.8 Å². The van der Waals surface area contributed by atoms with E-state index in [0.29, 0.717) is 50.6 Å². The molecule has 6 nitrogen and oxygen atoms in total. The molecule has 1 saturated heterocycles. The highest BCUT2D eigenvalue weighted by molar-refractivity contribution is 6.30. The van der Waals surface area contributed by atoms with Crippen LogP contribution in [0.5, 0.6) is 0 Å². The fourth-order valence-corrected chi connectivity index (χ4v) is 3.77. The number of amides is 2. The fraction of sp³-hybridized carbons (Fsp3) is 0.409. The van der Waals surface area contributed by atoms with E-state index in [1.54, 1.807) is 26.2 Å². The lowest BCUT2D eigenvalue weighted by Crippen LogP contribution is -2.48. The zero-order valence-corrected chi connectivity index (χ0v) is 18.0. The number of hydrogen-bond acceptors (Lipinski definition) is 4. The maximum absolute atomic E-state index is 14.6. The van der Waals surface area contributed by atoms with Crippen LogP contribution in [-0.2, 0) is 16.0 Å². The van der Waals surface area contributed by atoms with Gasteiger partial charge in [0, 0.05) is 58.0 Å². The van der Waals surface area contributed by atoms with Crippen molar-refractivity contribution in [1.82, 2.24) is 9.88 Å². The summed E-state index contributed by atoms with van der Waals surface area (Å²) in [4.78, 5) is 33.6. The summed E-state index contributed by atoms with van der Waals surface area (Å²) < 4.78 is 14.6. The van der Waals surface area contributed by atoms with Crippen molar-refractivity contribution < 1.29 is 14.0 Å². The first-order valence-corrected chi connectivity index (χ1v) is 10.5. The van der Waals surface area contributed by atoms with E-state index >= 15 is 0 Å². The van der Waals surface area contributed by atoms with Gasteiger partial charge in [0.15, 0.2) is 0 Å². The third kappa shape index (κ3) is 5.08. The summed E-state index contributed by atoms with van der Waals surface area (Å²) >= 11 is 6.05. The number of anilines is 2. The molecule has 0 spiro atoms. The van der Waals surface area contributed by atoms with Crippen molar-refractivity contribution in [2.45, 2.75) is 26.2 Å². The molecule has 0 radical (unpaired) electrons. The second-order valence-electron chi connectivity index (χ2n) is 7.26. The Morgan fingerprint density at radius 3 is 2.57 bits per heavy atom. The lowest BCUT2D eigenvalue weighted by Gasteiger charge is -2.36. The molecular weight excluding hydrogens is 407 g/mol. The van der Waals surface area contributed by atoms with Crippen LogP contribution < -0.4 is 9.80 Å². The number of aromatic nitrogens is 1. The molecule has 1 aromatic carbocycles. The largest absolute Gasteiger partial charge is 0.368 e. The summed E-state index contributed by atoms with van der Waals surface area (Å²) in [6.45, 7) is 4.16. The Hall–Kier alpha value is -2.67. The number of pyridine rings is 1. The first-order chi connectivity index (χ1) is 14.4. The molecule has 1 aliphatic rings. The highest BCUT2D eigenvalue weighted by Crippen LogP contribution is 2.26. The Morgan fingerprint density at radius 1 is 1.20 bits per heavy atom. The molecule has 0 unspecified atom stereocenters. The normalized spacial score (nSPS) is 14.0. The number of hydrogen-bond donors (Lipinski definition) is 0. The standard InChI is InChI=1S/C22H26ClFN4O2/c1-3-20(29)26(2)19-8-7-17(15-18(19)24)27-11-13-28(14-12-27)21(30)9-6-16-5-4-10-25-22(16)23/h4-5,7-8,10,15H,3,6,9,11-14H2,1-2H3. The van der Waals surface area contributed by atoms with E-state index in [2.05, 4.69) is 9.88 Å². The number of benzene rings is 1. The van der Waals surface area contributed by atoms with Gasteiger partial charge in [0.05, 0.1) is 5.69 Å². The first-order valence-electron chi connectivity index (χ1n) is 10.1. The molecule has 160 valence electrons. The molecule has 1 aromatic heterocycles. The van der Waals surface area contributed by atoms with Gasteiger partial charge in [-0.3, -0.25) is 9.59 Å². The number of nitrogens with zero attached hydrogens (tertiary/aromatic N) is 4. The quantitative estimate of drug-likeness (QED) is 0.655. The number of carbonyl (C=O) groups is 2. The van der Waals surface area contributed by atoms with Gasteiger partial charge in [-0.05, 0) is 36.2 Å². The van der Waals surface area contributed by atoms with Crippen LogP contribution in [0.1, 0.15) is 25.3 Å². The molecule has 2 aromatic rings. The fourth-order valence-electron chi connectivity index (χ4n) is 3.56. The summed E-state index contributed by atoms with van der Waals surface area (Å²) in [5.41, 5.74) is 1.89. The molecule has 30 heavy (non-hydrogen) atoms. The lowest BCUT2D eigenvalue weighted by atomic mass is 10.1. The van der Waals surface area contributed by atoms with E-state index in [1.807, 2.05) is 23.1 Å². The Labute approximate surface area is 181 Å². The topological polar surface area (TPSA) is 56.8 Å². The average molecular weight is 433 g/mol.